The molecule has 0 saturated heterocycles. The molecule has 2 amide bonds. The van der Waals surface area contributed by atoms with Crippen molar-refractivity contribution in [3.05, 3.63) is 60.2 Å². The van der Waals surface area contributed by atoms with Gasteiger partial charge < -0.3 is 9.88 Å². The molecule has 3 aromatic rings. The number of aromatic nitrogens is 3. The molecule has 8 heteroatoms. The first-order chi connectivity index (χ1) is 12.7. The second kappa shape index (κ2) is 8.77. The van der Waals surface area contributed by atoms with E-state index in [0.29, 0.717) is 0 Å². The summed E-state index contributed by atoms with van der Waals surface area (Å²) < 4.78 is 4.68. The minimum atomic E-state index is -0.229. The van der Waals surface area contributed by atoms with Gasteiger partial charge in [0.05, 0.1) is 0 Å². The van der Waals surface area contributed by atoms with Gasteiger partial charge in [0.25, 0.3) is 0 Å². The van der Waals surface area contributed by atoms with Crippen LogP contribution in [0.5, 0.6) is 0 Å². The second-order valence-electron chi connectivity index (χ2n) is 5.45. The molecule has 0 unspecified atom stereocenters. The Bertz CT molecular complexity index is 865. The normalized spacial score (nSPS) is 10.5. The molecule has 0 bridgehead atoms. The van der Waals surface area contributed by atoms with Gasteiger partial charge in [-0.1, -0.05) is 54.2 Å². The lowest BCUT2D eigenvalue weighted by Crippen LogP contribution is -2.27. The highest BCUT2D eigenvalue weighted by molar-refractivity contribution is 7.98. The van der Waals surface area contributed by atoms with E-state index in [9.17, 15) is 4.79 Å². The third-order valence-corrected chi connectivity index (χ3v) is 5.53. The van der Waals surface area contributed by atoms with Crippen LogP contribution in [0.25, 0.3) is 11.4 Å². The molecular weight excluding hydrogens is 366 g/mol. The Kier molecular flexibility index (Phi) is 6.19. The van der Waals surface area contributed by atoms with Crippen molar-refractivity contribution >= 4 is 29.7 Å². The molecule has 2 N–H and O–H groups in total. The zero-order chi connectivity index (χ0) is 18.4. The smallest absolute Gasteiger partial charge is 0.324 e. The molecule has 6 nitrogen and oxygen atoms in total. The Balaban J connectivity index is 1.66. The van der Waals surface area contributed by atoms with E-state index in [-0.39, 0.29) is 6.03 Å². The molecule has 0 radical (unpaired) electrons. The first-order valence-electron chi connectivity index (χ1n) is 7.98. The van der Waals surface area contributed by atoms with E-state index >= 15 is 0 Å². The quantitative estimate of drug-likeness (QED) is 0.500. The largest absolute Gasteiger partial charge is 0.341 e. The highest BCUT2D eigenvalue weighted by Gasteiger charge is 2.11. The summed E-state index contributed by atoms with van der Waals surface area (Å²) in [6.45, 7) is 0. The lowest BCUT2D eigenvalue weighted by atomic mass is 10.2. The Morgan fingerprint density at radius 3 is 2.50 bits per heavy atom. The number of urea groups is 1. The van der Waals surface area contributed by atoms with Crippen molar-refractivity contribution in [3.63, 3.8) is 0 Å². The van der Waals surface area contributed by atoms with Crippen LogP contribution in [0.4, 0.5) is 4.79 Å². The van der Waals surface area contributed by atoms with Crippen molar-refractivity contribution in [3.8, 4) is 11.4 Å². The molecule has 0 aliphatic heterocycles. The molecule has 2 aromatic carbocycles. The van der Waals surface area contributed by atoms with E-state index in [1.165, 1.54) is 17.5 Å². The molecule has 0 atom stereocenters. The summed E-state index contributed by atoms with van der Waals surface area (Å²) >= 11 is 2.93. The Morgan fingerprint density at radius 2 is 1.81 bits per heavy atom. The number of hydrogen-bond donors (Lipinski definition) is 2. The lowest BCUT2D eigenvalue weighted by molar-refractivity contribution is 0.248. The number of rotatable bonds is 6. The van der Waals surface area contributed by atoms with Gasteiger partial charge in [-0.05, 0) is 29.6 Å². The fraction of sp³-hybridized carbons (Fsp3) is 0.167. The topological polar surface area (TPSA) is 71.8 Å². The van der Waals surface area contributed by atoms with Gasteiger partial charge in [-0.3, -0.25) is 4.72 Å². The van der Waals surface area contributed by atoms with Gasteiger partial charge in [-0.15, -0.1) is 10.2 Å². The van der Waals surface area contributed by atoms with Gasteiger partial charge in [0.1, 0.15) is 0 Å². The molecule has 0 aliphatic rings. The summed E-state index contributed by atoms with van der Waals surface area (Å²) in [6, 6.07) is 17.9. The average molecular weight is 386 g/mol. The SMILES string of the molecule is CNC(=O)NSc1ccc(-c2nnc(SCc3ccccc3)n2C)cc1. The minimum absolute atomic E-state index is 0.229. The van der Waals surface area contributed by atoms with E-state index in [2.05, 4.69) is 32.4 Å². The van der Waals surface area contributed by atoms with Crippen molar-refractivity contribution in [1.82, 2.24) is 24.8 Å². The van der Waals surface area contributed by atoms with Gasteiger partial charge >= 0.3 is 6.03 Å². The van der Waals surface area contributed by atoms with Gasteiger partial charge in [0, 0.05) is 30.3 Å². The number of carbonyl (C=O) groups is 1. The third-order valence-electron chi connectivity index (χ3n) is 3.65. The minimum Gasteiger partial charge on any atom is -0.341 e. The maximum atomic E-state index is 11.2. The van der Waals surface area contributed by atoms with E-state index in [0.717, 1.165) is 27.2 Å². The number of thioether (sulfide) groups is 1. The van der Waals surface area contributed by atoms with E-state index in [1.807, 2.05) is 54.1 Å². The summed E-state index contributed by atoms with van der Waals surface area (Å²) in [4.78, 5) is 12.2. The van der Waals surface area contributed by atoms with Crippen molar-refractivity contribution in [2.75, 3.05) is 7.05 Å². The zero-order valence-corrected chi connectivity index (χ0v) is 16.1. The molecular formula is C18H19N5OS2. The van der Waals surface area contributed by atoms with Gasteiger partial charge in [0.2, 0.25) is 0 Å². The molecule has 134 valence electrons. The Labute approximate surface area is 160 Å². The molecule has 0 fully saturated rings. The van der Waals surface area contributed by atoms with Crippen LogP contribution in [-0.2, 0) is 12.8 Å². The van der Waals surface area contributed by atoms with Crippen LogP contribution >= 0.6 is 23.7 Å². The van der Waals surface area contributed by atoms with Crippen LogP contribution in [0.1, 0.15) is 5.56 Å². The number of benzene rings is 2. The highest BCUT2D eigenvalue weighted by atomic mass is 32.2. The number of carbonyl (C=O) groups excluding carboxylic acids is 1. The van der Waals surface area contributed by atoms with Crippen molar-refractivity contribution in [2.24, 2.45) is 7.05 Å². The Morgan fingerprint density at radius 1 is 1.08 bits per heavy atom. The summed E-state index contributed by atoms with van der Waals surface area (Å²) in [5, 5.41) is 12.0. The molecule has 0 aliphatic carbocycles. The molecule has 1 heterocycles. The zero-order valence-electron chi connectivity index (χ0n) is 14.5. The average Bonchev–Trinajstić information content (AvgIpc) is 3.06. The first kappa shape index (κ1) is 18.3. The Hall–Kier alpha value is -2.45. The third kappa shape index (κ3) is 4.59. The molecule has 26 heavy (non-hydrogen) atoms. The summed E-state index contributed by atoms with van der Waals surface area (Å²) in [5.74, 6) is 1.67. The molecule has 0 spiro atoms. The fourth-order valence-electron chi connectivity index (χ4n) is 2.24. The number of hydrogen-bond acceptors (Lipinski definition) is 5. The van der Waals surface area contributed by atoms with Crippen molar-refractivity contribution in [1.29, 1.82) is 0 Å². The van der Waals surface area contributed by atoms with Crippen LogP contribution in [0.3, 0.4) is 0 Å². The second-order valence-corrected chi connectivity index (χ2v) is 7.27. The van der Waals surface area contributed by atoms with Crippen molar-refractivity contribution < 1.29 is 4.79 Å². The van der Waals surface area contributed by atoms with Gasteiger partial charge in [-0.25, -0.2) is 4.79 Å². The molecule has 0 saturated carbocycles. The van der Waals surface area contributed by atoms with Gasteiger partial charge in [-0.2, -0.15) is 0 Å². The van der Waals surface area contributed by atoms with Crippen LogP contribution < -0.4 is 10.0 Å². The predicted molar refractivity (Wildman–Crippen MR) is 106 cm³/mol. The lowest BCUT2D eigenvalue weighted by Gasteiger charge is -2.06. The van der Waals surface area contributed by atoms with E-state index < -0.39 is 0 Å². The van der Waals surface area contributed by atoms with E-state index in [4.69, 9.17) is 0 Å². The van der Waals surface area contributed by atoms with Crippen molar-refractivity contribution in [2.45, 2.75) is 15.8 Å². The van der Waals surface area contributed by atoms with Crippen LogP contribution in [0.15, 0.2) is 64.6 Å². The highest BCUT2D eigenvalue weighted by Crippen LogP contribution is 2.26. The summed E-state index contributed by atoms with van der Waals surface area (Å²) in [6.07, 6.45) is 0. The van der Waals surface area contributed by atoms with Crippen LogP contribution in [0, 0.1) is 0 Å². The van der Waals surface area contributed by atoms with E-state index in [1.54, 1.807) is 18.8 Å². The molecule has 1 aromatic heterocycles. The van der Waals surface area contributed by atoms with Crippen LogP contribution in [0.2, 0.25) is 0 Å². The molecule has 3 rings (SSSR count). The number of amides is 2. The van der Waals surface area contributed by atoms with Crippen LogP contribution in [-0.4, -0.2) is 27.8 Å². The predicted octanol–water partition coefficient (Wildman–Crippen LogP) is 3.71. The maximum Gasteiger partial charge on any atom is 0.324 e. The number of nitrogens with one attached hydrogen (secondary N) is 2. The standard InChI is InChI=1S/C18H19N5OS2/c1-19-17(24)22-26-15-10-8-14(9-11-15)16-20-21-18(23(16)2)25-12-13-6-4-3-5-7-13/h3-11H,12H2,1-2H3,(H2,19,22,24). The monoisotopic (exact) mass is 385 g/mol. The fourth-order valence-corrected chi connectivity index (χ4v) is 3.69. The maximum absolute atomic E-state index is 11.2. The number of nitrogens with zero attached hydrogens (tertiary/aromatic N) is 3. The first-order valence-corrected chi connectivity index (χ1v) is 9.78. The summed E-state index contributed by atoms with van der Waals surface area (Å²) in [7, 11) is 3.55. The van der Waals surface area contributed by atoms with Gasteiger partial charge in [0.15, 0.2) is 11.0 Å². The summed E-state index contributed by atoms with van der Waals surface area (Å²) in [5.41, 5.74) is 2.24.